The lowest BCUT2D eigenvalue weighted by Gasteiger charge is -2.11. The Hall–Kier alpha value is -4.12. The van der Waals surface area contributed by atoms with E-state index in [2.05, 4.69) is 30.0 Å². The van der Waals surface area contributed by atoms with Gasteiger partial charge in [0.15, 0.2) is 0 Å². The summed E-state index contributed by atoms with van der Waals surface area (Å²) in [6.45, 7) is 0. The normalized spacial score (nSPS) is 11.2. The van der Waals surface area contributed by atoms with Crippen molar-refractivity contribution in [2.75, 3.05) is 23.4 Å². The van der Waals surface area contributed by atoms with Crippen LogP contribution in [0, 0.1) is 0 Å². The number of nitrogens with one attached hydrogen (secondary N) is 2. The third-order valence-electron chi connectivity index (χ3n) is 4.41. The molecule has 0 unspecified atom stereocenters. The molecule has 3 heterocycles. The van der Waals surface area contributed by atoms with Crippen molar-refractivity contribution in [2.24, 2.45) is 0 Å². The molecule has 0 saturated carbocycles. The SMILES string of the molecule is COc1cc(-c2cnccc2NC(=O)c2ncc3ccc(NS(C)(=O)=O)cc3n2)ccn1. The number of benzene rings is 1. The summed E-state index contributed by atoms with van der Waals surface area (Å²) < 4.78 is 30.5. The molecule has 1 aromatic carbocycles. The van der Waals surface area contributed by atoms with E-state index in [-0.39, 0.29) is 5.82 Å². The van der Waals surface area contributed by atoms with Gasteiger partial charge in [-0.3, -0.25) is 14.5 Å². The smallest absolute Gasteiger partial charge is 0.293 e. The average Bonchev–Trinajstić information content (AvgIpc) is 2.78. The van der Waals surface area contributed by atoms with Crippen molar-refractivity contribution >= 4 is 38.2 Å². The minimum Gasteiger partial charge on any atom is -0.481 e. The van der Waals surface area contributed by atoms with Gasteiger partial charge in [0.2, 0.25) is 21.7 Å². The third kappa shape index (κ3) is 4.78. The van der Waals surface area contributed by atoms with Crippen LogP contribution in [-0.2, 0) is 10.0 Å². The number of carbonyl (C=O) groups is 1. The molecule has 0 bridgehead atoms. The lowest BCUT2D eigenvalue weighted by atomic mass is 10.1. The Balaban J connectivity index is 1.64. The minimum absolute atomic E-state index is 0.0657. The number of hydrogen-bond donors (Lipinski definition) is 2. The van der Waals surface area contributed by atoms with Gasteiger partial charge in [0.25, 0.3) is 5.91 Å². The summed E-state index contributed by atoms with van der Waals surface area (Å²) in [4.78, 5) is 29.5. The molecule has 0 fully saturated rings. The second-order valence-electron chi connectivity index (χ2n) is 6.80. The van der Waals surface area contributed by atoms with E-state index in [0.29, 0.717) is 33.7 Å². The fourth-order valence-electron chi connectivity index (χ4n) is 3.01. The van der Waals surface area contributed by atoms with Crippen LogP contribution in [-0.4, -0.2) is 47.6 Å². The maximum atomic E-state index is 12.9. The highest BCUT2D eigenvalue weighted by molar-refractivity contribution is 7.92. The zero-order valence-corrected chi connectivity index (χ0v) is 17.9. The van der Waals surface area contributed by atoms with E-state index in [9.17, 15) is 13.2 Å². The van der Waals surface area contributed by atoms with Crippen LogP contribution in [0.25, 0.3) is 22.0 Å². The van der Waals surface area contributed by atoms with Crippen molar-refractivity contribution in [3.63, 3.8) is 0 Å². The zero-order chi connectivity index (χ0) is 22.7. The molecule has 0 atom stereocenters. The van der Waals surface area contributed by atoms with Crippen LogP contribution in [0.5, 0.6) is 5.88 Å². The van der Waals surface area contributed by atoms with Crippen LogP contribution in [0.3, 0.4) is 0 Å². The number of rotatable bonds is 6. The van der Waals surface area contributed by atoms with Gasteiger partial charge >= 0.3 is 0 Å². The van der Waals surface area contributed by atoms with Gasteiger partial charge in [-0.25, -0.2) is 23.4 Å². The number of amides is 1. The molecule has 0 saturated heterocycles. The molecular weight excluding hydrogens is 432 g/mol. The Kier molecular flexibility index (Phi) is 5.65. The van der Waals surface area contributed by atoms with Crippen LogP contribution in [0.2, 0.25) is 0 Å². The summed E-state index contributed by atoms with van der Waals surface area (Å²) in [6.07, 6.45) is 7.33. The van der Waals surface area contributed by atoms with E-state index in [1.807, 2.05) is 0 Å². The first-order valence-electron chi connectivity index (χ1n) is 9.33. The highest BCUT2D eigenvalue weighted by Gasteiger charge is 2.15. The fraction of sp³-hybridized carbons (Fsp3) is 0.0952. The number of hydrogen-bond acceptors (Lipinski definition) is 8. The Morgan fingerprint density at radius 2 is 1.88 bits per heavy atom. The lowest BCUT2D eigenvalue weighted by Crippen LogP contribution is -2.16. The molecular formula is C21H18N6O4S. The standard InChI is InChI=1S/C21H18N6O4S/c1-31-19-9-13(5-8-23-19)16-12-22-7-6-17(16)26-21(28)20-24-11-14-3-4-15(10-18(14)25-20)27-32(2,29)30/h3-12,27H,1-2H3,(H,22,26,28). The topological polar surface area (TPSA) is 136 Å². The van der Waals surface area contributed by atoms with Crippen molar-refractivity contribution in [3.05, 3.63) is 67.0 Å². The maximum absolute atomic E-state index is 12.9. The van der Waals surface area contributed by atoms with Gasteiger partial charge < -0.3 is 10.1 Å². The molecule has 0 radical (unpaired) electrons. The number of carbonyl (C=O) groups excluding carboxylic acids is 1. The number of sulfonamides is 1. The first-order chi connectivity index (χ1) is 15.3. The highest BCUT2D eigenvalue weighted by Crippen LogP contribution is 2.29. The monoisotopic (exact) mass is 450 g/mol. The first kappa shape index (κ1) is 21.1. The first-order valence-corrected chi connectivity index (χ1v) is 11.2. The Labute approximate surface area is 183 Å². The van der Waals surface area contributed by atoms with Crippen molar-refractivity contribution < 1.29 is 17.9 Å². The summed E-state index contributed by atoms with van der Waals surface area (Å²) in [5, 5.41) is 3.46. The molecule has 10 nitrogen and oxygen atoms in total. The van der Waals surface area contributed by atoms with Gasteiger partial charge in [-0.2, -0.15) is 0 Å². The predicted molar refractivity (Wildman–Crippen MR) is 120 cm³/mol. The molecule has 1 amide bonds. The molecule has 0 aliphatic rings. The van der Waals surface area contributed by atoms with Crippen LogP contribution in [0.1, 0.15) is 10.6 Å². The minimum atomic E-state index is -3.44. The molecule has 0 spiro atoms. The maximum Gasteiger partial charge on any atom is 0.293 e. The zero-order valence-electron chi connectivity index (χ0n) is 17.1. The average molecular weight is 450 g/mol. The summed E-state index contributed by atoms with van der Waals surface area (Å²) >= 11 is 0. The summed E-state index contributed by atoms with van der Waals surface area (Å²) in [7, 11) is -1.92. The van der Waals surface area contributed by atoms with Crippen molar-refractivity contribution in [1.29, 1.82) is 0 Å². The molecule has 32 heavy (non-hydrogen) atoms. The quantitative estimate of drug-likeness (QED) is 0.458. The molecule has 4 rings (SSSR count). The van der Waals surface area contributed by atoms with Crippen LogP contribution >= 0.6 is 0 Å². The molecule has 162 valence electrons. The Bertz CT molecular complexity index is 1430. The number of pyridine rings is 2. The van der Waals surface area contributed by atoms with Crippen molar-refractivity contribution in [1.82, 2.24) is 19.9 Å². The molecule has 0 aliphatic heterocycles. The second-order valence-corrected chi connectivity index (χ2v) is 8.55. The largest absolute Gasteiger partial charge is 0.481 e. The summed E-state index contributed by atoms with van der Waals surface area (Å²) in [5.74, 6) is -0.161. The van der Waals surface area contributed by atoms with E-state index in [1.165, 1.54) is 19.4 Å². The highest BCUT2D eigenvalue weighted by atomic mass is 32.2. The number of anilines is 2. The van der Waals surface area contributed by atoms with Crippen LogP contribution in [0.4, 0.5) is 11.4 Å². The Morgan fingerprint density at radius 1 is 1.03 bits per heavy atom. The van der Waals surface area contributed by atoms with Gasteiger partial charge in [-0.15, -0.1) is 0 Å². The van der Waals surface area contributed by atoms with E-state index >= 15 is 0 Å². The lowest BCUT2D eigenvalue weighted by molar-refractivity contribution is 0.101. The predicted octanol–water partition coefficient (Wildman–Crippen LogP) is 2.72. The fourth-order valence-corrected chi connectivity index (χ4v) is 3.57. The Morgan fingerprint density at radius 3 is 2.66 bits per heavy atom. The van der Waals surface area contributed by atoms with Crippen LogP contribution in [0.15, 0.2) is 61.2 Å². The van der Waals surface area contributed by atoms with Gasteiger partial charge in [-0.1, -0.05) is 0 Å². The number of ether oxygens (including phenoxy) is 1. The third-order valence-corrected chi connectivity index (χ3v) is 5.02. The molecule has 4 aromatic rings. The number of methoxy groups -OCH3 is 1. The van der Waals surface area contributed by atoms with E-state index in [0.717, 1.165) is 11.8 Å². The van der Waals surface area contributed by atoms with Gasteiger partial charge in [0.1, 0.15) is 0 Å². The second kappa shape index (κ2) is 8.55. The molecule has 2 N–H and O–H groups in total. The van der Waals surface area contributed by atoms with E-state index in [1.54, 1.807) is 48.9 Å². The summed E-state index contributed by atoms with van der Waals surface area (Å²) in [5.41, 5.74) is 2.70. The molecule has 0 aliphatic carbocycles. The van der Waals surface area contributed by atoms with Gasteiger partial charge in [0.05, 0.1) is 30.3 Å². The van der Waals surface area contributed by atoms with E-state index < -0.39 is 15.9 Å². The van der Waals surface area contributed by atoms with Crippen LogP contribution < -0.4 is 14.8 Å². The van der Waals surface area contributed by atoms with Gasteiger partial charge in [-0.05, 0) is 35.9 Å². The number of aromatic nitrogens is 4. The number of nitrogens with zero attached hydrogens (tertiary/aromatic N) is 4. The number of fused-ring (bicyclic) bond motifs is 1. The van der Waals surface area contributed by atoms with Crippen molar-refractivity contribution in [2.45, 2.75) is 0 Å². The summed E-state index contributed by atoms with van der Waals surface area (Å²) in [6, 6.07) is 9.97. The molecule has 11 heteroatoms. The van der Waals surface area contributed by atoms with Crippen molar-refractivity contribution in [3.8, 4) is 17.0 Å². The van der Waals surface area contributed by atoms with E-state index in [4.69, 9.17) is 4.74 Å². The van der Waals surface area contributed by atoms with Gasteiger partial charge in [0, 0.05) is 41.8 Å². The molecule has 3 aromatic heterocycles.